The zero-order chi connectivity index (χ0) is 12.8. The van der Waals surface area contributed by atoms with Crippen LogP contribution in [0.2, 0.25) is 5.02 Å². The van der Waals surface area contributed by atoms with Gasteiger partial charge in [0.15, 0.2) is 11.5 Å². The minimum absolute atomic E-state index is 0.381. The zero-order valence-electron chi connectivity index (χ0n) is 10.1. The molecule has 0 heterocycles. The number of carbonyl (C=O) groups is 1. The van der Waals surface area contributed by atoms with E-state index in [4.69, 9.17) is 25.8 Å². The van der Waals surface area contributed by atoms with Crippen LogP contribution in [-0.2, 0) is 11.2 Å². The Morgan fingerprint density at radius 3 is 2.29 bits per heavy atom. The first-order valence-corrected chi connectivity index (χ1v) is 5.48. The number of aldehydes is 1. The third-order valence-corrected chi connectivity index (χ3v) is 2.80. The van der Waals surface area contributed by atoms with Crippen LogP contribution in [0.25, 0.3) is 0 Å². The Labute approximate surface area is 105 Å². The lowest BCUT2D eigenvalue weighted by atomic mass is 10.1. The lowest BCUT2D eigenvalue weighted by molar-refractivity contribution is -0.107. The molecule has 0 radical (unpaired) electrons. The molecule has 0 spiro atoms. The maximum atomic E-state index is 10.4. The highest BCUT2D eigenvalue weighted by Crippen LogP contribution is 2.43. The maximum Gasteiger partial charge on any atom is 0.179 e. The second-order valence-electron chi connectivity index (χ2n) is 3.31. The molecular formula is C12H15ClO4. The molecule has 0 atom stereocenters. The molecule has 1 aromatic rings. The SMILES string of the molecule is COc1cc(OC)c(OC)c(Cl)c1CCC=O. The predicted molar refractivity (Wildman–Crippen MR) is 65.5 cm³/mol. The van der Waals surface area contributed by atoms with Crippen LogP contribution in [0.3, 0.4) is 0 Å². The molecule has 1 aromatic carbocycles. The van der Waals surface area contributed by atoms with Crippen molar-refractivity contribution in [2.75, 3.05) is 21.3 Å². The number of carbonyl (C=O) groups excluding carboxylic acids is 1. The van der Waals surface area contributed by atoms with Gasteiger partial charge in [0, 0.05) is 18.1 Å². The summed E-state index contributed by atoms with van der Waals surface area (Å²) < 4.78 is 15.6. The number of hydrogen-bond donors (Lipinski definition) is 0. The van der Waals surface area contributed by atoms with Crippen LogP contribution in [0, 0.1) is 0 Å². The number of halogens is 1. The van der Waals surface area contributed by atoms with E-state index in [0.717, 1.165) is 11.8 Å². The molecule has 4 nitrogen and oxygen atoms in total. The van der Waals surface area contributed by atoms with Crippen molar-refractivity contribution in [3.63, 3.8) is 0 Å². The number of ether oxygens (including phenoxy) is 3. The summed E-state index contributed by atoms with van der Waals surface area (Å²) in [7, 11) is 4.58. The third-order valence-electron chi connectivity index (χ3n) is 2.40. The summed E-state index contributed by atoms with van der Waals surface area (Å²) in [6.45, 7) is 0. The molecule has 0 aliphatic heterocycles. The van der Waals surface area contributed by atoms with Crippen molar-refractivity contribution in [3.8, 4) is 17.2 Å². The fraction of sp³-hybridized carbons (Fsp3) is 0.417. The number of methoxy groups -OCH3 is 3. The van der Waals surface area contributed by atoms with Gasteiger partial charge in [-0.05, 0) is 6.42 Å². The van der Waals surface area contributed by atoms with E-state index in [9.17, 15) is 4.79 Å². The van der Waals surface area contributed by atoms with E-state index in [1.165, 1.54) is 14.2 Å². The Morgan fingerprint density at radius 1 is 1.18 bits per heavy atom. The van der Waals surface area contributed by atoms with Gasteiger partial charge >= 0.3 is 0 Å². The number of benzene rings is 1. The summed E-state index contributed by atoms with van der Waals surface area (Å²) in [6.07, 6.45) is 1.73. The quantitative estimate of drug-likeness (QED) is 0.736. The molecule has 94 valence electrons. The van der Waals surface area contributed by atoms with Crippen LogP contribution in [0.4, 0.5) is 0 Å². The van der Waals surface area contributed by atoms with Gasteiger partial charge in [-0.1, -0.05) is 11.6 Å². The van der Waals surface area contributed by atoms with Gasteiger partial charge in [-0.3, -0.25) is 0 Å². The van der Waals surface area contributed by atoms with Gasteiger partial charge in [0.25, 0.3) is 0 Å². The normalized spacial score (nSPS) is 9.88. The van der Waals surface area contributed by atoms with Crippen LogP contribution in [0.1, 0.15) is 12.0 Å². The summed E-state index contributed by atoms with van der Waals surface area (Å²) in [5, 5.41) is 0.422. The number of hydrogen-bond acceptors (Lipinski definition) is 4. The molecule has 0 N–H and O–H groups in total. The Hall–Kier alpha value is -1.42. The molecule has 0 amide bonds. The monoisotopic (exact) mass is 258 g/mol. The van der Waals surface area contributed by atoms with E-state index in [0.29, 0.717) is 35.1 Å². The van der Waals surface area contributed by atoms with Crippen molar-refractivity contribution < 1.29 is 19.0 Å². The van der Waals surface area contributed by atoms with Gasteiger partial charge in [0.2, 0.25) is 0 Å². The lowest BCUT2D eigenvalue weighted by Gasteiger charge is -2.16. The minimum Gasteiger partial charge on any atom is -0.496 e. The first-order chi connectivity index (χ1) is 8.19. The van der Waals surface area contributed by atoms with E-state index in [1.54, 1.807) is 13.2 Å². The average molecular weight is 259 g/mol. The highest BCUT2D eigenvalue weighted by Gasteiger charge is 2.18. The van der Waals surface area contributed by atoms with Crippen LogP contribution in [-0.4, -0.2) is 27.6 Å². The van der Waals surface area contributed by atoms with E-state index in [1.807, 2.05) is 0 Å². The minimum atomic E-state index is 0.381. The second-order valence-corrected chi connectivity index (χ2v) is 3.69. The van der Waals surface area contributed by atoms with Gasteiger partial charge in [0.1, 0.15) is 12.0 Å². The summed E-state index contributed by atoms with van der Waals surface area (Å²) in [6, 6.07) is 1.70. The summed E-state index contributed by atoms with van der Waals surface area (Å²) in [4.78, 5) is 10.4. The molecule has 0 aliphatic carbocycles. The molecular weight excluding hydrogens is 244 g/mol. The zero-order valence-corrected chi connectivity index (χ0v) is 10.8. The molecule has 0 aliphatic rings. The van der Waals surface area contributed by atoms with Gasteiger partial charge in [-0.25, -0.2) is 0 Å². The van der Waals surface area contributed by atoms with Crippen molar-refractivity contribution in [1.29, 1.82) is 0 Å². The molecule has 0 unspecified atom stereocenters. The second kappa shape index (κ2) is 6.35. The molecule has 0 fully saturated rings. The average Bonchev–Trinajstić information content (AvgIpc) is 2.36. The number of rotatable bonds is 6. The Bertz CT molecular complexity index is 404. The third kappa shape index (κ3) is 2.82. The van der Waals surface area contributed by atoms with Gasteiger partial charge in [0.05, 0.1) is 26.4 Å². The molecule has 17 heavy (non-hydrogen) atoms. The Kier molecular flexibility index (Phi) is 5.10. The van der Waals surface area contributed by atoms with Crippen molar-refractivity contribution in [2.45, 2.75) is 12.8 Å². The highest BCUT2D eigenvalue weighted by atomic mass is 35.5. The van der Waals surface area contributed by atoms with E-state index >= 15 is 0 Å². The molecule has 5 heteroatoms. The van der Waals surface area contributed by atoms with Crippen LogP contribution < -0.4 is 14.2 Å². The van der Waals surface area contributed by atoms with E-state index in [2.05, 4.69) is 0 Å². The summed E-state index contributed by atoms with van der Waals surface area (Å²) in [5.41, 5.74) is 0.749. The van der Waals surface area contributed by atoms with E-state index < -0.39 is 0 Å². The lowest BCUT2D eigenvalue weighted by Crippen LogP contribution is -1.99. The summed E-state index contributed by atoms with van der Waals surface area (Å²) >= 11 is 6.21. The first-order valence-electron chi connectivity index (χ1n) is 5.10. The van der Waals surface area contributed by atoms with Crippen molar-refractivity contribution in [1.82, 2.24) is 0 Å². The summed E-state index contributed by atoms with van der Waals surface area (Å²) in [5.74, 6) is 1.55. The van der Waals surface area contributed by atoms with Crippen molar-refractivity contribution in [3.05, 3.63) is 16.7 Å². The Morgan fingerprint density at radius 2 is 1.82 bits per heavy atom. The maximum absolute atomic E-state index is 10.4. The molecule has 0 saturated carbocycles. The predicted octanol–water partition coefficient (Wildman–Crippen LogP) is 2.50. The fourth-order valence-corrected chi connectivity index (χ4v) is 1.94. The van der Waals surface area contributed by atoms with Crippen LogP contribution in [0.15, 0.2) is 6.07 Å². The van der Waals surface area contributed by atoms with Gasteiger partial charge in [-0.2, -0.15) is 0 Å². The van der Waals surface area contributed by atoms with Crippen molar-refractivity contribution in [2.24, 2.45) is 0 Å². The van der Waals surface area contributed by atoms with E-state index in [-0.39, 0.29) is 0 Å². The smallest absolute Gasteiger partial charge is 0.179 e. The van der Waals surface area contributed by atoms with Gasteiger partial charge in [-0.15, -0.1) is 0 Å². The highest BCUT2D eigenvalue weighted by molar-refractivity contribution is 6.33. The topological polar surface area (TPSA) is 44.8 Å². The van der Waals surface area contributed by atoms with Crippen molar-refractivity contribution >= 4 is 17.9 Å². The molecule has 1 rings (SSSR count). The molecule has 0 aromatic heterocycles. The molecule has 0 bridgehead atoms. The fourth-order valence-electron chi connectivity index (χ4n) is 1.59. The largest absolute Gasteiger partial charge is 0.496 e. The first kappa shape index (κ1) is 13.6. The standard InChI is InChI=1S/C12H15ClO4/c1-15-9-7-10(16-2)12(17-3)11(13)8(9)5-4-6-14/h6-7H,4-5H2,1-3H3. The molecule has 0 saturated heterocycles. The Balaban J connectivity index is 3.30. The van der Waals surface area contributed by atoms with Crippen LogP contribution in [0.5, 0.6) is 17.2 Å². The van der Waals surface area contributed by atoms with Crippen LogP contribution >= 0.6 is 11.6 Å². The van der Waals surface area contributed by atoms with Gasteiger partial charge < -0.3 is 19.0 Å².